The van der Waals surface area contributed by atoms with E-state index in [2.05, 4.69) is 27.0 Å². The number of alkyl halides is 7. The van der Waals surface area contributed by atoms with E-state index in [1.807, 2.05) is 0 Å². The maximum absolute atomic E-state index is 14.6. The summed E-state index contributed by atoms with van der Waals surface area (Å²) in [4.78, 5) is 3.61. The van der Waals surface area contributed by atoms with Crippen LogP contribution in [-0.2, 0) is 5.67 Å². The molecule has 1 nitrogen and oxygen atoms in total. The van der Waals surface area contributed by atoms with Crippen LogP contribution in [-0.4, -0.2) is 17.3 Å². The minimum absolute atomic E-state index is 0.154. The van der Waals surface area contributed by atoms with Crippen LogP contribution in [0.2, 0.25) is 5.15 Å². The number of aromatic nitrogens is 1. The molecule has 11 heteroatoms. The predicted molar refractivity (Wildman–Crippen MR) is 88.8 cm³/mol. The van der Waals surface area contributed by atoms with Crippen molar-refractivity contribution in [2.45, 2.75) is 18.0 Å². The van der Waals surface area contributed by atoms with E-state index in [0.717, 1.165) is 6.07 Å². The summed E-state index contributed by atoms with van der Waals surface area (Å²) in [5.41, 5.74) is -8.27. The molecule has 0 spiro atoms. The molecule has 2 aromatic rings. The molecule has 0 fully saturated rings. The summed E-state index contributed by atoms with van der Waals surface area (Å²) < 4.78 is 93.2. The zero-order valence-electron chi connectivity index (χ0n) is 11.5. The summed E-state index contributed by atoms with van der Waals surface area (Å²) in [5, 5.41) is -0.384. The molecule has 0 aliphatic carbocycles. The van der Waals surface area contributed by atoms with Crippen molar-refractivity contribution in [3.05, 3.63) is 49.2 Å². The first-order valence-electron chi connectivity index (χ1n) is 6.15. The normalized spacial score (nSPS) is 13.2. The maximum atomic E-state index is 14.6. The Labute approximate surface area is 163 Å². The van der Waals surface area contributed by atoms with Crippen molar-refractivity contribution in [2.75, 3.05) is 0 Å². The molecule has 0 aliphatic heterocycles. The number of halogens is 10. The Morgan fingerprint density at radius 2 is 1.64 bits per heavy atom. The summed E-state index contributed by atoms with van der Waals surface area (Å²) in [5.74, 6) is 0. The predicted octanol–water partition coefficient (Wildman–Crippen LogP) is 6.86. The molecule has 0 bridgehead atoms. The largest absolute Gasteiger partial charge is 0.435 e. The lowest BCUT2D eigenvalue weighted by Gasteiger charge is -2.32. The topological polar surface area (TPSA) is 12.9 Å². The van der Waals surface area contributed by atoms with Gasteiger partial charge in [-0.05, 0) is 56.7 Å². The van der Waals surface area contributed by atoms with Crippen LogP contribution in [0.25, 0.3) is 11.1 Å². The smallest absolute Gasteiger partial charge is 0.244 e. The number of hydrogen-bond acceptors (Lipinski definition) is 1. The van der Waals surface area contributed by atoms with Crippen LogP contribution < -0.4 is 0 Å². The van der Waals surface area contributed by atoms with Crippen LogP contribution in [0, 0.1) is 9.64 Å². The molecule has 1 radical (unpaired) electrons. The number of hydrogen-bond donors (Lipinski definition) is 0. The van der Waals surface area contributed by atoms with E-state index >= 15 is 0 Å². The van der Waals surface area contributed by atoms with Crippen LogP contribution in [0.4, 0.5) is 30.7 Å². The average molecular weight is 561 g/mol. The van der Waals surface area contributed by atoms with Gasteiger partial charge in [0.05, 0.1) is 0 Å². The fourth-order valence-electron chi connectivity index (χ4n) is 2.09. The van der Waals surface area contributed by atoms with Gasteiger partial charge in [-0.3, -0.25) is 0 Å². The van der Waals surface area contributed by atoms with E-state index < -0.39 is 29.1 Å². The first kappa shape index (κ1) is 20.7. The molecule has 135 valence electrons. The summed E-state index contributed by atoms with van der Waals surface area (Å²) in [6.45, 7) is 0. The molecule has 1 heterocycles. The third kappa shape index (κ3) is 3.61. The van der Waals surface area contributed by atoms with Gasteiger partial charge in [-0.15, -0.1) is 0 Å². The molecular formula is C14H4BrClF7IN. The van der Waals surface area contributed by atoms with Crippen LogP contribution in [0.3, 0.4) is 0 Å². The summed E-state index contributed by atoms with van der Waals surface area (Å²) in [6, 6.07) is 5.31. The van der Waals surface area contributed by atoms with E-state index in [4.69, 9.17) is 11.6 Å². The Balaban J connectivity index is 2.97. The van der Waals surface area contributed by atoms with E-state index in [1.54, 1.807) is 0 Å². The van der Waals surface area contributed by atoms with Gasteiger partial charge in [0.1, 0.15) is 5.15 Å². The highest BCUT2D eigenvalue weighted by Crippen LogP contribution is 2.56. The average Bonchev–Trinajstić information content (AvgIpc) is 2.44. The highest BCUT2D eigenvalue weighted by atomic mass is 127. The summed E-state index contributed by atoms with van der Waals surface area (Å²) >= 11 is 10.1. The molecule has 2 rings (SSSR count). The fourth-order valence-corrected chi connectivity index (χ4v) is 3.90. The second-order valence-electron chi connectivity index (χ2n) is 4.72. The van der Waals surface area contributed by atoms with E-state index in [1.165, 1.54) is 34.9 Å². The Bertz CT molecular complexity index is 793. The van der Waals surface area contributed by atoms with Crippen molar-refractivity contribution >= 4 is 50.1 Å². The number of benzene rings is 1. The van der Waals surface area contributed by atoms with Gasteiger partial charge in [0.15, 0.2) is 0 Å². The van der Waals surface area contributed by atoms with E-state index in [0.29, 0.717) is 6.07 Å². The highest BCUT2D eigenvalue weighted by molar-refractivity contribution is 14.1. The Morgan fingerprint density at radius 1 is 1.08 bits per heavy atom. The Hall–Kier alpha value is -0.620. The molecule has 0 saturated carbocycles. The van der Waals surface area contributed by atoms with Crippen molar-refractivity contribution in [3.8, 4) is 11.1 Å². The second kappa shape index (κ2) is 6.84. The molecule has 0 N–H and O–H groups in total. The van der Waals surface area contributed by atoms with Gasteiger partial charge in [-0.2, -0.15) is 26.3 Å². The van der Waals surface area contributed by atoms with Crippen LogP contribution in [0.15, 0.2) is 28.9 Å². The van der Waals surface area contributed by atoms with Crippen LogP contribution in [0.1, 0.15) is 5.56 Å². The van der Waals surface area contributed by atoms with Crippen molar-refractivity contribution in [1.82, 2.24) is 4.98 Å². The molecule has 1 aromatic heterocycles. The summed E-state index contributed by atoms with van der Waals surface area (Å²) in [7, 11) is 0. The Kier molecular flexibility index (Phi) is 5.66. The van der Waals surface area contributed by atoms with Crippen LogP contribution in [0.5, 0.6) is 0 Å². The molecule has 0 amide bonds. The zero-order valence-corrected chi connectivity index (χ0v) is 16.0. The number of pyridine rings is 1. The third-order valence-electron chi connectivity index (χ3n) is 3.17. The van der Waals surface area contributed by atoms with Crippen molar-refractivity contribution < 1.29 is 30.7 Å². The standard InChI is InChI=1S/C14H4BrClF7IN/c15-9-5-6(24)4-8(10(9)7-2-1-3-25-11(7)16)12(17,13(18,19)20)14(21,22)23/h1-4H. The maximum Gasteiger partial charge on any atom is 0.435 e. The van der Waals surface area contributed by atoms with Gasteiger partial charge in [0, 0.05) is 37.0 Å². The highest BCUT2D eigenvalue weighted by Gasteiger charge is 2.74. The van der Waals surface area contributed by atoms with Crippen molar-refractivity contribution in [3.63, 3.8) is 0 Å². The van der Waals surface area contributed by atoms with Gasteiger partial charge in [-0.1, -0.05) is 11.6 Å². The molecule has 25 heavy (non-hydrogen) atoms. The van der Waals surface area contributed by atoms with Gasteiger partial charge >= 0.3 is 18.0 Å². The minimum atomic E-state index is -6.25. The summed E-state index contributed by atoms with van der Waals surface area (Å²) in [6.07, 6.45) is -11.3. The van der Waals surface area contributed by atoms with E-state index in [-0.39, 0.29) is 18.8 Å². The van der Waals surface area contributed by atoms with Gasteiger partial charge in [0.2, 0.25) is 0 Å². The zero-order chi connectivity index (χ0) is 19.2. The van der Waals surface area contributed by atoms with Crippen molar-refractivity contribution in [2.24, 2.45) is 0 Å². The molecule has 0 saturated heterocycles. The lowest BCUT2D eigenvalue weighted by molar-refractivity contribution is -0.348. The van der Waals surface area contributed by atoms with Crippen LogP contribution >= 0.6 is 50.1 Å². The lowest BCUT2D eigenvalue weighted by Crippen LogP contribution is -2.50. The number of rotatable bonds is 2. The molecule has 0 unspecified atom stereocenters. The number of nitrogens with zero attached hydrogens (tertiary/aromatic N) is 1. The van der Waals surface area contributed by atoms with E-state index in [9.17, 15) is 30.7 Å². The van der Waals surface area contributed by atoms with Gasteiger partial charge < -0.3 is 0 Å². The third-order valence-corrected chi connectivity index (χ3v) is 4.65. The van der Waals surface area contributed by atoms with Gasteiger partial charge in [-0.25, -0.2) is 9.37 Å². The van der Waals surface area contributed by atoms with Gasteiger partial charge in [0.25, 0.3) is 0 Å². The quantitative estimate of drug-likeness (QED) is 0.222. The van der Waals surface area contributed by atoms with Crippen molar-refractivity contribution in [1.29, 1.82) is 0 Å². The first-order valence-corrected chi connectivity index (χ1v) is 8.40. The minimum Gasteiger partial charge on any atom is -0.244 e. The lowest BCUT2D eigenvalue weighted by atomic mass is 9.87. The molecule has 0 atom stereocenters. The monoisotopic (exact) mass is 560 g/mol. The SMILES string of the molecule is FC(F)(F)C(F)(c1cc(I)[c]c(Br)c1-c1cccnc1Cl)C(F)(F)F. The molecule has 1 aromatic carbocycles. The molecule has 0 aliphatic rings. The Morgan fingerprint density at radius 3 is 2.12 bits per heavy atom. The fraction of sp³-hybridized carbons (Fsp3) is 0.214. The molecular weight excluding hydrogens is 557 g/mol. The first-order chi connectivity index (χ1) is 11.3. The second-order valence-corrected chi connectivity index (χ2v) is 7.03.